The van der Waals surface area contributed by atoms with Crippen molar-refractivity contribution in [1.29, 1.82) is 0 Å². The van der Waals surface area contributed by atoms with Crippen LogP contribution in [0.25, 0.3) is 77.2 Å². The molecule has 286 valence electrons. The Balaban J connectivity index is 1.25. The van der Waals surface area contributed by atoms with Crippen LogP contribution in [0.4, 0.5) is 17.1 Å². The van der Waals surface area contributed by atoms with Crippen LogP contribution in [0.3, 0.4) is 0 Å². The summed E-state index contributed by atoms with van der Waals surface area (Å²) in [6.45, 7) is -3.52. The first-order valence-corrected chi connectivity index (χ1v) is 19.2. The summed E-state index contributed by atoms with van der Waals surface area (Å²) >= 11 is 0. The van der Waals surface area contributed by atoms with Crippen molar-refractivity contribution in [3.8, 4) is 44.5 Å². The molecule has 9 aromatic carbocycles. The van der Waals surface area contributed by atoms with E-state index in [0.29, 0.717) is 22.2 Å². The molecule has 0 atom stereocenters. The van der Waals surface area contributed by atoms with Crippen molar-refractivity contribution in [2.45, 2.75) is 38.4 Å². The molecular formula is C58H43NO. The number of furan rings is 1. The van der Waals surface area contributed by atoms with Crippen molar-refractivity contribution in [2.24, 2.45) is 0 Å². The highest BCUT2D eigenvalue weighted by atomic mass is 16.3. The highest BCUT2D eigenvalue weighted by molar-refractivity contribution is 6.07. The van der Waals surface area contributed by atoms with Crippen molar-refractivity contribution in [3.63, 3.8) is 0 Å². The fourth-order valence-corrected chi connectivity index (χ4v) is 8.91. The van der Waals surface area contributed by atoms with Crippen molar-refractivity contribution in [3.05, 3.63) is 210 Å². The van der Waals surface area contributed by atoms with Crippen LogP contribution in [0.15, 0.2) is 192 Å². The normalized spacial score (nSPS) is 20.1. The van der Waals surface area contributed by atoms with Gasteiger partial charge < -0.3 is 9.32 Å². The maximum atomic E-state index is 10.4. The second-order valence-corrected chi connectivity index (χ2v) is 15.5. The van der Waals surface area contributed by atoms with Crippen LogP contribution >= 0.6 is 0 Å². The van der Waals surface area contributed by atoms with E-state index < -0.39 is 188 Å². The zero-order valence-corrected chi connectivity index (χ0v) is 31.9. The number of fused-ring (bicyclic) bond motifs is 10. The molecule has 0 aliphatic heterocycles. The van der Waals surface area contributed by atoms with Gasteiger partial charge in [-0.15, -0.1) is 0 Å². The van der Waals surface area contributed by atoms with Gasteiger partial charge in [0, 0.05) is 53.0 Å². The first kappa shape index (κ1) is 18.8. The van der Waals surface area contributed by atoms with E-state index in [4.69, 9.17) is 20.9 Å². The lowest BCUT2D eigenvalue weighted by Crippen LogP contribution is -2.16. The Morgan fingerprint density at radius 1 is 0.467 bits per heavy atom. The van der Waals surface area contributed by atoms with Crippen LogP contribution in [-0.4, -0.2) is 0 Å². The number of benzene rings is 9. The summed E-state index contributed by atoms with van der Waals surface area (Å²) in [4.78, 5) is 1.49. The summed E-state index contributed by atoms with van der Waals surface area (Å²) in [6.07, 6.45) is 0. The molecule has 10 aromatic rings. The molecule has 0 N–H and O–H groups in total. The summed E-state index contributed by atoms with van der Waals surface area (Å²) in [5.74, 6) is 0. The summed E-state index contributed by atoms with van der Waals surface area (Å²) in [5, 5.41) is 0.0860. The second-order valence-electron chi connectivity index (χ2n) is 15.5. The van der Waals surface area contributed by atoms with Gasteiger partial charge >= 0.3 is 0 Å². The maximum Gasteiger partial charge on any atom is 0.137 e. The number of anilines is 3. The van der Waals surface area contributed by atoms with Gasteiger partial charge in [0.05, 0.1) is 23.3 Å². The predicted molar refractivity (Wildman–Crippen MR) is 252 cm³/mol. The number of para-hydroxylation sites is 1. The molecule has 0 saturated carbocycles. The summed E-state index contributed by atoms with van der Waals surface area (Å²) in [6, 6.07) is 9.15. The van der Waals surface area contributed by atoms with Crippen LogP contribution in [0, 0.1) is 0 Å². The Kier molecular flexibility index (Phi) is 3.98. The highest BCUT2D eigenvalue weighted by Crippen LogP contribution is 2.53. The van der Waals surface area contributed by atoms with Crippen molar-refractivity contribution in [1.82, 2.24) is 0 Å². The minimum absolute atomic E-state index is 0.268. The van der Waals surface area contributed by atoms with Crippen LogP contribution < -0.4 is 4.90 Å². The Labute approximate surface area is 383 Å². The van der Waals surface area contributed by atoms with E-state index in [2.05, 4.69) is 0 Å². The van der Waals surface area contributed by atoms with Gasteiger partial charge in [-0.2, -0.15) is 0 Å². The first-order chi connectivity index (χ1) is 38.9. The van der Waals surface area contributed by atoms with Gasteiger partial charge in [-0.05, 0) is 126 Å². The predicted octanol–water partition coefficient (Wildman–Crippen LogP) is 16.2. The quantitative estimate of drug-likeness (QED) is 0.173. The molecule has 0 radical (unpaired) electrons. The largest absolute Gasteiger partial charge is 0.456 e. The van der Waals surface area contributed by atoms with E-state index in [0.717, 1.165) is 27.6 Å². The molecule has 0 unspecified atom stereocenters. The van der Waals surface area contributed by atoms with E-state index in [1.54, 1.807) is 36.4 Å². The van der Waals surface area contributed by atoms with Crippen LogP contribution in [-0.2, 0) is 10.8 Å². The van der Waals surface area contributed by atoms with E-state index in [1.807, 2.05) is 62.4 Å². The number of rotatable bonds is 5. The fraction of sp³-hybridized carbons (Fsp3) is 0.103. The molecule has 1 heterocycles. The highest BCUT2D eigenvalue weighted by Gasteiger charge is 2.37. The molecule has 12 rings (SSSR count). The zero-order chi connectivity index (χ0) is 60.1. The molecule has 0 saturated heterocycles. The smallest absolute Gasteiger partial charge is 0.137 e. The summed E-state index contributed by atoms with van der Waals surface area (Å²) < 4.78 is 220. The Morgan fingerprint density at radius 3 is 2.17 bits per heavy atom. The standard InChI is InChI=1S/C58H43NO/c1-57(2)51-22-11-8-19-45(51)49-33-38(25-31-52(49)57)56-42-17-6-5-14-36(42)24-28-43(56)37-15-13-16-39(32-37)59(41-27-30-48-47-20-9-12-23-54(47)60-55(48)35-41)40-26-29-46-44-18-7-10-21-50(44)58(3,4)53(46)34-40/h5-35H,1-4H3/i1D3,2D3,5D,6D,8D,11D,13D,14D,15D,16D,17D,19D,22D,24D,25D,28D,31D,32D,33D. The summed E-state index contributed by atoms with van der Waals surface area (Å²) in [5.41, 5.74) is -6.28. The lowest BCUT2D eigenvalue weighted by Gasteiger charge is -2.28. The van der Waals surface area contributed by atoms with E-state index in [1.165, 1.54) is 4.90 Å². The third-order valence-corrected chi connectivity index (χ3v) is 11.8. The van der Waals surface area contributed by atoms with E-state index in [-0.39, 0.29) is 5.69 Å². The van der Waals surface area contributed by atoms with Crippen molar-refractivity contribution in [2.75, 3.05) is 4.90 Å². The number of hydrogen-bond donors (Lipinski definition) is 0. The van der Waals surface area contributed by atoms with Crippen LogP contribution in [0.5, 0.6) is 0 Å². The third-order valence-electron chi connectivity index (χ3n) is 11.8. The van der Waals surface area contributed by atoms with Crippen LogP contribution in [0.1, 0.15) is 81.3 Å². The maximum absolute atomic E-state index is 10.4. The Morgan fingerprint density at radius 2 is 1.23 bits per heavy atom. The first-order valence-electron chi connectivity index (χ1n) is 30.7. The number of nitrogens with zero attached hydrogens (tertiary/aromatic N) is 1. The molecule has 0 spiro atoms. The molecule has 0 amide bonds. The lowest BCUT2D eigenvalue weighted by molar-refractivity contribution is 0.660. The molecule has 2 heteroatoms. The fourth-order valence-electron chi connectivity index (χ4n) is 8.91. The van der Waals surface area contributed by atoms with Gasteiger partial charge in [0.2, 0.25) is 0 Å². The molecule has 0 fully saturated rings. The third kappa shape index (κ3) is 5.01. The van der Waals surface area contributed by atoms with Crippen molar-refractivity contribution >= 4 is 49.8 Å². The van der Waals surface area contributed by atoms with Gasteiger partial charge in [0.25, 0.3) is 0 Å². The van der Waals surface area contributed by atoms with Gasteiger partial charge in [0.1, 0.15) is 11.2 Å². The Bertz CT molecular complexity index is 4600. The topological polar surface area (TPSA) is 16.4 Å². The van der Waals surface area contributed by atoms with Gasteiger partial charge in [-0.25, -0.2) is 0 Å². The van der Waals surface area contributed by atoms with Gasteiger partial charge in [-0.3, -0.25) is 0 Å². The molecule has 60 heavy (non-hydrogen) atoms. The summed E-state index contributed by atoms with van der Waals surface area (Å²) in [7, 11) is 0. The minimum Gasteiger partial charge on any atom is -0.456 e. The lowest BCUT2D eigenvalue weighted by atomic mass is 9.81. The second kappa shape index (κ2) is 12.7. The molecule has 2 nitrogen and oxygen atoms in total. The molecule has 0 bridgehead atoms. The zero-order valence-electron chi connectivity index (χ0n) is 54.9. The average Bonchev–Trinajstić information content (AvgIpc) is 1.56. The van der Waals surface area contributed by atoms with Gasteiger partial charge in [0.15, 0.2) is 0 Å². The van der Waals surface area contributed by atoms with E-state index in [9.17, 15) is 15.1 Å². The Hall–Kier alpha value is -7.16. The van der Waals surface area contributed by atoms with Crippen LogP contribution in [0.2, 0.25) is 0 Å². The molecule has 1 aromatic heterocycles. The van der Waals surface area contributed by atoms with Gasteiger partial charge in [-0.1, -0.05) is 161 Å². The molecular weight excluding hydrogens is 727 g/mol. The monoisotopic (exact) mass is 792 g/mol. The molecule has 2 aliphatic rings. The average molecular weight is 793 g/mol. The SMILES string of the molecule is [2H]c1c([2H])c([2H])c2c(c1[2H])-c1c([2H])c(-c3c(-c4c([2H])c([2H])c([2H])c(N(c5ccc6c(c5)C(C)(C)c5ccccc5-6)c5ccc6c(c5)oc5ccccc56)c4[2H])c([2H])c([2H])c4c([2H])c([2H])c([2H])c([2H])c34)c([2H])c([2H])c1C2(C([2H])([2H])[2H])C([2H])([2H])[2H]. The minimum atomic E-state index is -3.80. The number of hydrogen-bond acceptors (Lipinski definition) is 2. The molecule has 2 aliphatic carbocycles. The van der Waals surface area contributed by atoms with Crippen molar-refractivity contribution < 1.29 is 35.9 Å². The van der Waals surface area contributed by atoms with E-state index >= 15 is 0 Å².